The molecule has 0 radical (unpaired) electrons. The van der Waals surface area contributed by atoms with Crippen LogP contribution in [0, 0.1) is 6.92 Å². The maximum Gasteiger partial charge on any atom is 0.205 e. The van der Waals surface area contributed by atoms with Gasteiger partial charge in [0.25, 0.3) is 0 Å². The lowest BCUT2D eigenvalue weighted by molar-refractivity contribution is 0.281. The standard InChI is InChI=1S/C15H14N4O/c1-11-9-12(10-20)7-8-14(11)19-17-15(16-18-19)13-5-3-2-4-6-13/h2-9,20H,10H2,1H3. The van der Waals surface area contributed by atoms with Gasteiger partial charge in [-0.2, -0.15) is 0 Å². The molecule has 100 valence electrons. The lowest BCUT2D eigenvalue weighted by Gasteiger charge is -2.05. The summed E-state index contributed by atoms with van der Waals surface area (Å²) in [4.78, 5) is 1.51. The predicted molar refractivity (Wildman–Crippen MR) is 75.2 cm³/mol. The summed E-state index contributed by atoms with van der Waals surface area (Å²) in [5, 5.41) is 21.7. The third kappa shape index (κ3) is 2.31. The molecule has 0 unspecified atom stereocenters. The summed E-state index contributed by atoms with van der Waals surface area (Å²) in [6.45, 7) is 1.99. The number of aliphatic hydroxyl groups excluding tert-OH is 1. The Bertz CT molecular complexity index is 722. The van der Waals surface area contributed by atoms with Crippen molar-refractivity contribution in [2.24, 2.45) is 0 Å². The first-order chi connectivity index (χ1) is 9.78. The summed E-state index contributed by atoms with van der Waals surface area (Å²) < 4.78 is 0. The largest absolute Gasteiger partial charge is 0.392 e. The molecule has 20 heavy (non-hydrogen) atoms. The number of tetrazole rings is 1. The van der Waals surface area contributed by atoms with Gasteiger partial charge in [-0.1, -0.05) is 42.5 Å². The molecule has 0 aliphatic rings. The Hall–Kier alpha value is -2.53. The topological polar surface area (TPSA) is 63.8 Å². The van der Waals surface area contributed by atoms with Crippen molar-refractivity contribution in [1.82, 2.24) is 20.2 Å². The van der Waals surface area contributed by atoms with E-state index >= 15 is 0 Å². The van der Waals surface area contributed by atoms with E-state index in [0.29, 0.717) is 5.82 Å². The summed E-state index contributed by atoms with van der Waals surface area (Å²) in [5.41, 5.74) is 3.66. The van der Waals surface area contributed by atoms with E-state index in [0.717, 1.165) is 22.4 Å². The van der Waals surface area contributed by atoms with E-state index in [-0.39, 0.29) is 6.61 Å². The van der Waals surface area contributed by atoms with Crippen LogP contribution >= 0.6 is 0 Å². The summed E-state index contributed by atoms with van der Waals surface area (Å²) in [6, 6.07) is 15.4. The maximum atomic E-state index is 9.13. The molecule has 1 N–H and O–H groups in total. The first-order valence-electron chi connectivity index (χ1n) is 6.34. The molecule has 1 aromatic heterocycles. The van der Waals surface area contributed by atoms with E-state index in [1.807, 2.05) is 55.5 Å². The van der Waals surface area contributed by atoms with E-state index in [1.54, 1.807) is 0 Å². The number of aryl methyl sites for hydroxylation is 1. The second-order valence-electron chi connectivity index (χ2n) is 4.55. The van der Waals surface area contributed by atoms with Crippen LogP contribution in [0.5, 0.6) is 0 Å². The highest BCUT2D eigenvalue weighted by Gasteiger charge is 2.09. The monoisotopic (exact) mass is 266 g/mol. The van der Waals surface area contributed by atoms with Crippen molar-refractivity contribution in [2.75, 3.05) is 0 Å². The first-order valence-corrected chi connectivity index (χ1v) is 6.34. The van der Waals surface area contributed by atoms with Crippen LogP contribution in [0.25, 0.3) is 17.1 Å². The minimum atomic E-state index is 0.0289. The van der Waals surface area contributed by atoms with Crippen LogP contribution in [0.3, 0.4) is 0 Å². The molecule has 0 aliphatic carbocycles. The Kier molecular flexibility index (Phi) is 3.26. The van der Waals surface area contributed by atoms with E-state index < -0.39 is 0 Å². The van der Waals surface area contributed by atoms with Crippen molar-refractivity contribution in [3.8, 4) is 17.1 Å². The number of hydrogen-bond donors (Lipinski definition) is 1. The lowest BCUT2D eigenvalue weighted by Crippen LogP contribution is -2.02. The molecule has 2 aromatic carbocycles. The molecule has 1 heterocycles. The van der Waals surface area contributed by atoms with Crippen molar-refractivity contribution in [3.63, 3.8) is 0 Å². The number of benzene rings is 2. The maximum absolute atomic E-state index is 9.13. The minimum Gasteiger partial charge on any atom is -0.392 e. The second-order valence-corrected chi connectivity index (χ2v) is 4.55. The molecule has 5 nitrogen and oxygen atoms in total. The SMILES string of the molecule is Cc1cc(CO)ccc1-n1nnc(-c2ccccc2)n1. The van der Waals surface area contributed by atoms with Crippen LogP contribution in [-0.2, 0) is 6.61 Å². The van der Waals surface area contributed by atoms with Gasteiger partial charge < -0.3 is 5.11 Å². The predicted octanol–water partition coefficient (Wildman–Crippen LogP) is 2.13. The highest BCUT2D eigenvalue weighted by molar-refractivity contribution is 5.53. The van der Waals surface area contributed by atoms with Gasteiger partial charge in [0.15, 0.2) is 0 Å². The van der Waals surface area contributed by atoms with Crippen LogP contribution in [0.15, 0.2) is 48.5 Å². The quantitative estimate of drug-likeness (QED) is 0.788. The average molecular weight is 266 g/mol. The third-order valence-electron chi connectivity index (χ3n) is 3.10. The minimum absolute atomic E-state index is 0.0289. The second kappa shape index (κ2) is 5.22. The van der Waals surface area contributed by atoms with Crippen molar-refractivity contribution in [3.05, 3.63) is 59.7 Å². The van der Waals surface area contributed by atoms with Crippen molar-refractivity contribution < 1.29 is 5.11 Å². The third-order valence-corrected chi connectivity index (χ3v) is 3.10. The summed E-state index contributed by atoms with van der Waals surface area (Å²) in [5.74, 6) is 0.594. The van der Waals surface area contributed by atoms with Crippen LogP contribution < -0.4 is 0 Å². The van der Waals surface area contributed by atoms with E-state index in [9.17, 15) is 0 Å². The normalized spacial score (nSPS) is 10.7. The fraction of sp³-hybridized carbons (Fsp3) is 0.133. The van der Waals surface area contributed by atoms with Gasteiger partial charge in [0, 0.05) is 5.56 Å². The fourth-order valence-corrected chi connectivity index (χ4v) is 2.06. The van der Waals surface area contributed by atoms with E-state index in [2.05, 4.69) is 15.4 Å². The van der Waals surface area contributed by atoms with Crippen LogP contribution in [0.4, 0.5) is 0 Å². The molecule has 0 amide bonds. The molecular weight excluding hydrogens is 252 g/mol. The zero-order valence-corrected chi connectivity index (χ0v) is 11.1. The Morgan fingerprint density at radius 3 is 2.60 bits per heavy atom. The van der Waals surface area contributed by atoms with Crippen molar-refractivity contribution in [2.45, 2.75) is 13.5 Å². The zero-order valence-electron chi connectivity index (χ0n) is 11.1. The Labute approximate surface area is 116 Å². The summed E-state index contributed by atoms with van der Waals surface area (Å²) in [6.07, 6.45) is 0. The van der Waals surface area contributed by atoms with Crippen LogP contribution in [0.2, 0.25) is 0 Å². The van der Waals surface area contributed by atoms with Crippen molar-refractivity contribution >= 4 is 0 Å². The van der Waals surface area contributed by atoms with Gasteiger partial charge in [-0.05, 0) is 29.3 Å². The fourth-order valence-electron chi connectivity index (χ4n) is 2.06. The van der Waals surface area contributed by atoms with Gasteiger partial charge in [0.1, 0.15) is 0 Å². The molecule has 0 aliphatic heterocycles. The van der Waals surface area contributed by atoms with Gasteiger partial charge in [-0.15, -0.1) is 15.0 Å². The number of rotatable bonds is 3. The van der Waals surface area contributed by atoms with Gasteiger partial charge >= 0.3 is 0 Å². The molecule has 0 saturated heterocycles. The van der Waals surface area contributed by atoms with Gasteiger partial charge in [0.05, 0.1) is 12.3 Å². The number of aromatic nitrogens is 4. The molecule has 0 fully saturated rings. The highest BCUT2D eigenvalue weighted by Crippen LogP contribution is 2.17. The molecule has 0 spiro atoms. The molecule has 3 rings (SSSR count). The molecule has 5 heteroatoms. The number of nitrogens with zero attached hydrogens (tertiary/aromatic N) is 4. The molecule has 0 atom stereocenters. The average Bonchev–Trinajstić information content (AvgIpc) is 2.97. The van der Waals surface area contributed by atoms with Gasteiger partial charge in [-0.25, -0.2) is 0 Å². The van der Waals surface area contributed by atoms with Crippen LogP contribution in [-0.4, -0.2) is 25.3 Å². The number of hydrogen-bond acceptors (Lipinski definition) is 4. The molecule has 0 bridgehead atoms. The zero-order chi connectivity index (χ0) is 13.9. The van der Waals surface area contributed by atoms with Gasteiger partial charge in [-0.3, -0.25) is 0 Å². The van der Waals surface area contributed by atoms with Crippen LogP contribution in [0.1, 0.15) is 11.1 Å². The molecule has 0 saturated carbocycles. The highest BCUT2D eigenvalue weighted by atomic mass is 16.3. The Balaban J connectivity index is 1.98. The smallest absolute Gasteiger partial charge is 0.205 e. The van der Waals surface area contributed by atoms with Crippen molar-refractivity contribution in [1.29, 1.82) is 0 Å². The van der Waals surface area contributed by atoms with E-state index in [4.69, 9.17) is 5.11 Å². The molecular formula is C15H14N4O. The first kappa shape index (κ1) is 12.5. The lowest BCUT2D eigenvalue weighted by atomic mass is 10.1. The summed E-state index contributed by atoms with van der Waals surface area (Å²) >= 11 is 0. The Morgan fingerprint density at radius 2 is 1.90 bits per heavy atom. The Morgan fingerprint density at radius 1 is 1.10 bits per heavy atom. The molecule has 3 aromatic rings. The summed E-state index contributed by atoms with van der Waals surface area (Å²) in [7, 11) is 0. The van der Waals surface area contributed by atoms with Gasteiger partial charge in [0.2, 0.25) is 5.82 Å². The number of aliphatic hydroxyl groups is 1. The van der Waals surface area contributed by atoms with E-state index in [1.165, 1.54) is 4.80 Å².